The summed E-state index contributed by atoms with van der Waals surface area (Å²) in [5.41, 5.74) is 0. The zero-order valence-corrected chi connectivity index (χ0v) is 9.79. The molecule has 0 aliphatic rings. The minimum absolute atomic E-state index is 0.373. The highest BCUT2D eigenvalue weighted by atomic mass is 35.5. The van der Waals surface area contributed by atoms with Gasteiger partial charge < -0.3 is 10.6 Å². The van der Waals surface area contributed by atoms with Crippen molar-refractivity contribution in [3.8, 4) is 0 Å². The second kappa shape index (κ2) is 10.6. The zero-order valence-electron chi connectivity index (χ0n) is 8.28. The minimum atomic E-state index is 0.373. The third kappa shape index (κ3) is 8.82. The van der Waals surface area contributed by atoms with Gasteiger partial charge in [0.05, 0.1) is 6.17 Å². The van der Waals surface area contributed by atoms with Gasteiger partial charge in [0, 0.05) is 24.8 Å². The Hall–Kier alpha value is 0.500. The first-order valence-corrected chi connectivity index (χ1v) is 6.00. The van der Waals surface area contributed by atoms with Crippen LogP contribution in [0.1, 0.15) is 26.2 Å². The lowest BCUT2D eigenvalue weighted by Crippen LogP contribution is -2.43. The number of halogens is 2. The molecule has 0 saturated heterocycles. The monoisotopic (exact) mass is 226 g/mol. The average Bonchev–Trinajstić information content (AvgIpc) is 2.17. The third-order valence-electron chi connectivity index (χ3n) is 1.82. The summed E-state index contributed by atoms with van der Waals surface area (Å²) in [6.07, 6.45) is 3.97. The van der Waals surface area contributed by atoms with Crippen LogP contribution in [-0.4, -0.2) is 31.0 Å². The molecule has 0 aromatic carbocycles. The molecule has 0 aliphatic carbocycles. The van der Waals surface area contributed by atoms with E-state index >= 15 is 0 Å². The van der Waals surface area contributed by atoms with Crippen molar-refractivity contribution in [1.29, 1.82) is 0 Å². The van der Waals surface area contributed by atoms with Crippen molar-refractivity contribution < 1.29 is 0 Å². The van der Waals surface area contributed by atoms with Gasteiger partial charge in [0.25, 0.3) is 0 Å². The SMILES string of the molecule is CCCCC(NCCCl)NCCCl. The number of alkyl halides is 2. The summed E-state index contributed by atoms with van der Waals surface area (Å²) in [5.74, 6) is 1.32. The maximum absolute atomic E-state index is 5.60. The molecular weight excluding hydrogens is 207 g/mol. The highest BCUT2D eigenvalue weighted by Crippen LogP contribution is 1.97. The summed E-state index contributed by atoms with van der Waals surface area (Å²) in [7, 11) is 0. The van der Waals surface area contributed by atoms with Crippen LogP contribution in [0.2, 0.25) is 0 Å². The van der Waals surface area contributed by atoms with Crippen LogP contribution in [0.25, 0.3) is 0 Å². The predicted octanol–water partition coefficient (Wildman–Crippen LogP) is 2.16. The van der Waals surface area contributed by atoms with Crippen molar-refractivity contribution in [2.75, 3.05) is 24.8 Å². The van der Waals surface area contributed by atoms with Gasteiger partial charge in [-0.3, -0.25) is 0 Å². The number of rotatable bonds is 9. The van der Waals surface area contributed by atoms with E-state index in [0.29, 0.717) is 17.9 Å². The number of hydrogen-bond donors (Lipinski definition) is 2. The van der Waals surface area contributed by atoms with Crippen LogP contribution in [0.3, 0.4) is 0 Å². The molecule has 4 heteroatoms. The van der Waals surface area contributed by atoms with Gasteiger partial charge in [-0.2, -0.15) is 0 Å². The summed E-state index contributed by atoms with van der Waals surface area (Å²) in [6.45, 7) is 3.90. The first-order chi connectivity index (χ1) is 6.35. The van der Waals surface area contributed by atoms with Crippen molar-refractivity contribution in [1.82, 2.24) is 10.6 Å². The molecule has 0 radical (unpaired) electrons. The lowest BCUT2D eigenvalue weighted by molar-refractivity contribution is 0.408. The van der Waals surface area contributed by atoms with Crippen molar-refractivity contribution >= 4 is 23.2 Å². The number of hydrogen-bond acceptors (Lipinski definition) is 2. The van der Waals surface area contributed by atoms with Crippen LogP contribution in [0.5, 0.6) is 0 Å². The standard InChI is InChI=1S/C9H20Cl2N2/c1-2-3-4-9(12-7-5-10)13-8-6-11/h9,12-13H,2-8H2,1H3. The Labute approximate surface area is 91.4 Å². The van der Waals surface area contributed by atoms with E-state index in [1.54, 1.807) is 0 Å². The van der Waals surface area contributed by atoms with Crippen LogP contribution in [0.15, 0.2) is 0 Å². The smallest absolute Gasteiger partial charge is 0.0572 e. The second-order valence-electron chi connectivity index (χ2n) is 2.98. The second-order valence-corrected chi connectivity index (χ2v) is 3.74. The van der Waals surface area contributed by atoms with E-state index in [9.17, 15) is 0 Å². The van der Waals surface area contributed by atoms with Gasteiger partial charge in [-0.25, -0.2) is 0 Å². The summed E-state index contributed by atoms with van der Waals surface area (Å²) < 4.78 is 0. The Bertz CT molecular complexity index is 82.6. The van der Waals surface area contributed by atoms with E-state index in [1.807, 2.05) is 0 Å². The quantitative estimate of drug-likeness (QED) is 0.466. The molecule has 0 unspecified atom stereocenters. The van der Waals surface area contributed by atoms with E-state index < -0.39 is 0 Å². The van der Waals surface area contributed by atoms with Crippen molar-refractivity contribution in [2.45, 2.75) is 32.4 Å². The van der Waals surface area contributed by atoms with Gasteiger partial charge in [-0.15, -0.1) is 23.2 Å². The van der Waals surface area contributed by atoms with Gasteiger partial charge in [0.15, 0.2) is 0 Å². The molecule has 0 amide bonds. The normalized spacial score (nSPS) is 11.1. The van der Waals surface area contributed by atoms with Crippen LogP contribution in [0.4, 0.5) is 0 Å². The molecule has 0 bridgehead atoms. The molecule has 2 nitrogen and oxygen atoms in total. The minimum Gasteiger partial charge on any atom is -0.301 e. The Morgan fingerprint density at radius 3 is 2.00 bits per heavy atom. The van der Waals surface area contributed by atoms with E-state index in [4.69, 9.17) is 23.2 Å². The lowest BCUT2D eigenvalue weighted by atomic mass is 10.2. The predicted molar refractivity (Wildman–Crippen MR) is 60.8 cm³/mol. The number of nitrogens with one attached hydrogen (secondary N) is 2. The molecule has 0 fully saturated rings. The fourth-order valence-electron chi connectivity index (χ4n) is 1.14. The fourth-order valence-corrected chi connectivity index (χ4v) is 1.36. The molecule has 0 aromatic heterocycles. The Morgan fingerprint density at radius 2 is 1.62 bits per heavy atom. The Morgan fingerprint density at radius 1 is 1.08 bits per heavy atom. The van der Waals surface area contributed by atoms with Gasteiger partial charge in [-0.1, -0.05) is 19.8 Å². The molecular formula is C9H20Cl2N2. The zero-order chi connectivity index (χ0) is 9.94. The highest BCUT2D eigenvalue weighted by Gasteiger charge is 2.04. The molecule has 0 rings (SSSR count). The maximum atomic E-state index is 5.60. The van der Waals surface area contributed by atoms with Crippen molar-refractivity contribution in [3.63, 3.8) is 0 Å². The summed E-state index contributed by atoms with van der Waals surface area (Å²) >= 11 is 11.2. The van der Waals surface area contributed by atoms with Gasteiger partial charge in [0.2, 0.25) is 0 Å². The van der Waals surface area contributed by atoms with Gasteiger partial charge in [-0.05, 0) is 6.42 Å². The van der Waals surface area contributed by atoms with E-state index in [0.717, 1.165) is 19.5 Å². The Kier molecular flexibility index (Phi) is 11.0. The summed E-state index contributed by atoms with van der Waals surface area (Å²) in [5, 5.41) is 6.67. The van der Waals surface area contributed by atoms with E-state index in [1.165, 1.54) is 12.8 Å². The summed E-state index contributed by atoms with van der Waals surface area (Å²) in [4.78, 5) is 0. The lowest BCUT2D eigenvalue weighted by Gasteiger charge is -2.18. The molecule has 13 heavy (non-hydrogen) atoms. The first-order valence-electron chi connectivity index (χ1n) is 4.93. The number of unbranched alkanes of at least 4 members (excludes halogenated alkanes) is 1. The fraction of sp³-hybridized carbons (Fsp3) is 1.00. The molecule has 0 saturated carbocycles. The van der Waals surface area contributed by atoms with Crippen LogP contribution in [-0.2, 0) is 0 Å². The molecule has 0 aliphatic heterocycles. The topological polar surface area (TPSA) is 24.1 Å². The largest absolute Gasteiger partial charge is 0.301 e. The summed E-state index contributed by atoms with van der Waals surface area (Å²) in [6, 6.07) is 0. The van der Waals surface area contributed by atoms with E-state index in [2.05, 4.69) is 17.6 Å². The molecule has 0 spiro atoms. The first kappa shape index (κ1) is 13.5. The van der Waals surface area contributed by atoms with Gasteiger partial charge in [0.1, 0.15) is 0 Å². The highest BCUT2D eigenvalue weighted by molar-refractivity contribution is 6.18. The van der Waals surface area contributed by atoms with E-state index in [-0.39, 0.29) is 0 Å². The molecule has 80 valence electrons. The average molecular weight is 227 g/mol. The third-order valence-corrected chi connectivity index (χ3v) is 2.19. The van der Waals surface area contributed by atoms with Crippen LogP contribution < -0.4 is 10.6 Å². The van der Waals surface area contributed by atoms with Gasteiger partial charge >= 0.3 is 0 Å². The van der Waals surface area contributed by atoms with Crippen molar-refractivity contribution in [2.24, 2.45) is 0 Å². The van der Waals surface area contributed by atoms with Crippen molar-refractivity contribution in [3.05, 3.63) is 0 Å². The van der Waals surface area contributed by atoms with Crippen LogP contribution >= 0.6 is 23.2 Å². The molecule has 0 atom stereocenters. The Balaban J connectivity index is 3.47. The molecule has 0 heterocycles. The molecule has 0 aromatic rings. The maximum Gasteiger partial charge on any atom is 0.0572 e. The molecule has 2 N–H and O–H groups in total. The van der Waals surface area contributed by atoms with Crippen LogP contribution in [0, 0.1) is 0 Å².